The second kappa shape index (κ2) is 9.43. The summed E-state index contributed by atoms with van der Waals surface area (Å²) in [5.74, 6) is 1.08. The van der Waals surface area contributed by atoms with Crippen molar-refractivity contribution in [2.45, 2.75) is 19.4 Å². The van der Waals surface area contributed by atoms with Gasteiger partial charge in [0.2, 0.25) is 5.91 Å². The number of hydrogen-bond donors (Lipinski definition) is 2. The van der Waals surface area contributed by atoms with Crippen LogP contribution >= 0.6 is 0 Å². The van der Waals surface area contributed by atoms with Crippen molar-refractivity contribution in [3.63, 3.8) is 0 Å². The second-order valence-electron chi connectivity index (χ2n) is 7.43. The summed E-state index contributed by atoms with van der Waals surface area (Å²) >= 11 is 0. The smallest absolute Gasteiger partial charge is 0.323 e. The lowest BCUT2D eigenvalue weighted by molar-refractivity contribution is -0.119. The van der Waals surface area contributed by atoms with Gasteiger partial charge in [-0.1, -0.05) is 36.4 Å². The number of nitrogens with zero attached hydrogens (tertiary/aromatic N) is 1. The molecule has 0 saturated carbocycles. The first-order valence-electron chi connectivity index (χ1n) is 10.3. The Labute approximate surface area is 187 Å². The Balaban J connectivity index is 1.50. The number of rotatable bonds is 6. The number of para-hydroxylation sites is 1. The molecule has 0 radical (unpaired) electrons. The van der Waals surface area contributed by atoms with Gasteiger partial charge in [0.15, 0.2) is 11.5 Å². The summed E-state index contributed by atoms with van der Waals surface area (Å²) < 4.78 is 10.6. The van der Waals surface area contributed by atoms with Gasteiger partial charge in [-0.3, -0.25) is 4.79 Å². The molecule has 0 atom stereocenters. The number of ether oxygens (including phenoxy) is 2. The molecule has 1 aliphatic heterocycles. The highest BCUT2D eigenvalue weighted by Gasteiger charge is 2.24. The van der Waals surface area contributed by atoms with Gasteiger partial charge in [-0.25, -0.2) is 4.79 Å². The first-order chi connectivity index (χ1) is 15.6. The van der Waals surface area contributed by atoms with Gasteiger partial charge in [0, 0.05) is 17.8 Å². The van der Waals surface area contributed by atoms with E-state index in [4.69, 9.17) is 9.47 Å². The quantitative estimate of drug-likeness (QED) is 0.586. The average Bonchev–Trinajstić information content (AvgIpc) is 2.81. The molecule has 0 bridgehead atoms. The zero-order valence-corrected chi connectivity index (χ0v) is 18.1. The van der Waals surface area contributed by atoms with Crippen LogP contribution in [0.15, 0.2) is 66.7 Å². The van der Waals surface area contributed by atoms with E-state index in [0.717, 1.165) is 16.8 Å². The number of urea groups is 1. The van der Waals surface area contributed by atoms with E-state index in [2.05, 4.69) is 10.6 Å². The number of hydrogen-bond acceptors (Lipinski definition) is 4. The number of amides is 3. The van der Waals surface area contributed by atoms with E-state index >= 15 is 0 Å². The van der Waals surface area contributed by atoms with Crippen LogP contribution in [-0.4, -0.2) is 26.2 Å². The predicted octanol–water partition coefficient (Wildman–Crippen LogP) is 4.83. The van der Waals surface area contributed by atoms with Gasteiger partial charge in [0.25, 0.3) is 0 Å². The highest BCUT2D eigenvalue weighted by Crippen LogP contribution is 2.35. The minimum atomic E-state index is -0.399. The molecule has 3 amide bonds. The van der Waals surface area contributed by atoms with Crippen molar-refractivity contribution in [1.29, 1.82) is 0 Å². The Morgan fingerprint density at radius 1 is 0.938 bits per heavy atom. The van der Waals surface area contributed by atoms with Gasteiger partial charge in [0.05, 0.1) is 26.5 Å². The number of methoxy groups -OCH3 is 2. The van der Waals surface area contributed by atoms with E-state index < -0.39 is 6.03 Å². The monoisotopic (exact) mass is 431 g/mol. The molecule has 7 nitrogen and oxygen atoms in total. The van der Waals surface area contributed by atoms with Crippen molar-refractivity contribution in [2.75, 3.05) is 29.8 Å². The van der Waals surface area contributed by atoms with E-state index in [1.807, 2.05) is 42.5 Å². The standard InChI is InChI=1S/C25H25N3O4/c1-31-22-10-6-9-20(24(22)32-2)27-25(30)26-19-12-13-21-18(15-19)11-14-23(29)28(21)16-17-7-4-3-5-8-17/h3-10,12-13,15H,11,14,16H2,1-2H3,(H2,26,27,30). The fourth-order valence-electron chi connectivity index (χ4n) is 3.85. The number of nitrogens with one attached hydrogen (secondary N) is 2. The molecule has 1 heterocycles. The number of benzene rings is 3. The SMILES string of the molecule is COc1cccc(NC(=O)Nc2ccc3c(c2)CCC(=O)N3Cc2ccccc2)c1OC. The summed E-state index contributed by atoms with van der Waals surface area (Å²) in [4.78, 5) is 27.0. The van der Waals surface area contributed by atoms with Crippen LogP contribution in [0.5, 0.6) is 11.5 Å². The fraction of sp³-hybridized carbons (Fsp3) is 0.200. The lowest BCUT2D eigenvalue weighted by Gasteiger charge is -2.30. The molecule has 0 fully saturated rings. The van der Waals surface area contributed by atoms with Crippen LogP contribution in [0.25, 0.3) is 0 Å². The molecule has 0 saturated heterocycles. The maximum Gasteiger partial charge on any atom is 0.323 e. The minimum Gasteiger partial charge on any atom is -0.493 e. The largest absolute Gasteiger partial charge is 0.493 e. The van der Waals surface area contributed by atoms with E-state index in [1.165, 1.54) is 7.11 Å². The number of aryl methyl sites for hydroxylation is 1. The Bertz CT molecular complexity index is 1130. The van der Waals surface area contributed by atoms with Gasteiger partial charge in [-0.2, -0.15) is 0 Å². The highest BCUT2D eigenvalue weighted by atomic mass is 16.5. The summed E-state index contributed by atoms with van der Waals surface area (Å²) in [5.41, 5.74) is 4.13. The summed E-state index contributed by atoms with van der Waals surface area (Å²) in [6.07, 6.45) is 1.08. The summed E-state index contributed by atoms with van der Waals surface area (Å²) in [6, 6.07) is 20.4. The molecule has 4 rings (SSSR count). The van der Waals surface area contributed by atoms with Crippen LogP contribution in [0.2, 0.25) is 0 Å². The van der Waals surface area contributed by atoms with Crippen LogP contribution in [0.4, 0.5) is 21.9 Å². The predicted molar refractivity (Wildman–Crippen MR) is 125 cm³/mol. The van der Waals surface area contributed by atoms with Crippen molar-refractivity contribution < 1.29 is 19.1 Å². The van der Waals surface area contributed by atoms with E-state index in [1.54, 1.807) is 36.3 Å². The van der Waals surface area contributed by atoms with Crippen molar-refractivity contribution in [2.24, 2.45) is 0 Å². The van der Waals surface area contributed by atoms with Crippen molar-refractivity contribution in [3.8, 4) is 11.5 Å². The third-order valence-electron chi connectivity index (χ3n) is 5.37. The third kappa shape index (κ3) is 4.51. The molecule has 3 aromatic carbocycles. The summed E-state index contributed by atoms with van der Waals surface area (Å²) in [7, 11) is 3.06. The van der Waals surface area contributed by atoms with Crippen molar-refractivity contribution in [3.05, 3.63) is 77.9 Å². The Kier molecular flexibility index (Phi) is 6.26. The second-order valence-corrected chi connectivity index (χ2v) is 7.43. The molecular weight excluding hydrogens is 406 g/mol. The van der Waals surface area contributed by atoms with Gasteiger partial charge in [0.1, 0.15) is 0 Å². The first kappa shape index (κ1) is 21.2. The number of carbonyl (C=O) groups excluding carboxylic acids is 2. The molecule has 32 heavy (non-hydrogen) atoms. The molecule has 0 aromatic heterocycles. The molecule has 0 unspecified atom stereocenters. The molecule has 0 spiro atoms. The summed E-state index contributed by atoms with van der Waals surface area (Å²) in [5, 5.41) is 5.65. The van der Waals surface area contributed by atoms with Gasteiger partial charge in [-0.05, 0) is 47.9 Å². The van der Waals surface area contributed by atoms with Gasteiger partial charge in [-0.15, -0.1) is 0 Å². The first-order valence-corrected chi connectivity index (χ1v) is 10.3. The van der Waals surface area contributed by atoms with E-state index in [9.17, 15) is 9.59 Å². The van der Waals surface area contributed by atoms with E-state index in [0.29, 0.717) is 42.3 Å². The maximum atomic E-state index is 12.6. The summed E-state index contributed by atoms with van der Waals surface area (Å²) in [6.45, 7) is 0.523. The van der Waals surface area contributed by atoms with Gasteiger partial charge < -0.3 is 25.0 Å². The Hall–Kier alpha value is -4.00. The van der Waals surface area contributed by atoms with Crippen molar-refractivity contribution in [1.82, 2.24) is 0 Å². The zero-order chi connectivity index (χ0) is 22.5. The van der Waals surface area contributed by atoms with Crippen LogP contribution < -0.4 is 25.0 Å². The molecular formula is C25H25N3O4. The van der Waals surface area contributed by atoms with Gasteiger partial charge >= 0.3 is 6.03 Å². The van der Waals surface area contributed by atoms with Crippen LogP contribution in [-0.2, 0) is 17.8 Å². The van der Waals surface area contributed by atoms with Crippen LogP contribution in [0, 0.1) is 0 Å². The zero-order valence-electron chi connectivity index (χ0n) is 18.1. The fourth-order valence-corrected chi connectivity index (χ4v) is 3.85. The highest BCUT2D eigenvalue weighted by molar-refractivity contribution is 6.02. The molecule has 1 aliphatic rings. The number of fused-ring (bicyclic) bond motifs is 1. The molecule has 164 valence electrons. The third-order valence-corrected chi connectivity index (χ3v) is 5.37. The maximum absolute atomic E-state index is 12.6. The topological polar surface area (TPSA) is 79.9 Å². The molecule has 7 heteroatoms. The lowest BCUT2D eigenvalue weighted by Crippen LogP contribution is -2.34. The Morgan fingerprint density at radius 3 is 2.50 bits per heavy atom. The van der Waals surface area contributed by atoms with Crippen LogP contribution in [0.1, 0.15) is 17.5 Å². The Morgan fingerprint density at radius 2 is 1.75 bits per heavy atom. The molecule has 2 N–H and O–H groups in total. The average molecular weight is 431 g/mol. The van der Waals surface area contributed by atoms with Crippen molar-refractivity contribution >= 4 is 29.0 Å². The number of carbonyl (C=O) groups is 2. The minimum absolute atomic E-state index is 0.102. The molecule has 0 aliphatic carbocycles. The lowest BCUT2D eigenvalue weighted by atomic mass is 9.99. The number of anilines is 3. The molecule has 3 aromatic rings. The normalized spacial score (nSPS) is 12.7. The van der Waals surface area contributed by atoms with E-state index in [-0.39, 0.29) is 5.91 Å². The van der Waals surface area contributed by atoms with Crippen LogP contribution in [0.3, 0.4) is 0 Å².